The summed E-state index contributed by atoms with van der Waals surface area (Å²) >= 11 is 0. The van der Waals surface area contributed by atoms with Gasteiger partial charge in [-0.1, -0.05) is 12.1 Å². The monoisotopic (exact) mass is 267 g/mol. The number of imidazole rings is 1. The number of fused-ring (bicyclic) bond motifs is 1. The quantitative estimate of drug-likeness (QED) is 0.773. The van der Waals surface area contributed by atoms with E-state index in [2.05, 4.69) is 27.0 Å². The van der Waals surface area contributed by atoms with E-state index in [4.69, 9.17) is 4.42 Å². The van der Waals surface area contributed by atoms with Crippen LogP contribution in [0.5, 0.6) is 0 Å². The maximum Gasteiger partial charge on any atom is 0.127 e. The molecule has 1 aromatic carbocycles. The van der Waals surface area contributed by atoms with Crippen LogP contribution in [0.2, 0.25) is 0 Å². The first-order chi connectivity index (χ1) is 9.90. The normalized spacial score (nSPS) is 15.0. The fraction of sp³-hybridized carbons (Fsp3) is 0.312. The van der Waals surface area contributed by atoms with Gasteiger partial charge in [0.25, 0.3) is 0 Å². The summed E-state index contributed by atoms with van der Waals surface area (Å²) in [5.41, 5.74) is 3.41. The number of nitrogens with one attached hydrogen (secondary N) is 1. The van der Waals surface area contributed by atoms with Crippen LogP contribution in [0.15, 0.2) is 47.3 Å². The molecule has 4 nitrogen and oxygen atoms in total. The van der Waals surface area contributed by atoms with Gasteiger partial charge in [-0.15, -0.1) is 0 Å². The van der Waals surface area contributed by atoms with Crippen molar-refractivity contribution in [3.05, 3.63) is 54.2 Å². The second-order valence-corrected chi connectivity index (χ2v) is 5.39. The second kappa shape index (κ2) is 4.80. The number of rotatable bonds is 5. The molecule has 3 aromatic rings. The molecule has 4 heteroatoms. The molecule has 2 aromatic heterocycles. The molecule has 2 heterocycles. The van der Waals surface area contributed by atoms with Crippen molar-refractivity contribution < 1.29 is 4.42 Å². The molecule has 102 valence electrons. The van der Waals surface area contributed by atoms with Crippen molar-refractivity contribution in [3.63, 3.8) is 0 Å². The molecule has 0 spiro atoms. The number of nitrogens with zero attached hydrogens (tertiary/aromatic N) is 2. The van der Waals surface area contributed by atoms with Gasteiger partial charge < -0.3 is 14.3 Å². The fourth-order valence-electron chi connectivity index (χ4n) is 2.50. The Morgan fingerprint density at radius 2 is 2.15 bits per heavy atom. The molecular weight excluding hydrogens is 250 g/mol. The molecule has 0 unspecified atom stereocenters. The molecular formula is C16H17N3O. The zero-order valence-electron chi connectivity index (χ0n) is 11.2. The second-order valence-electron chi connectivity index (χ2n) is 5.39. The van der Waals surface area contributed by atoms with E-state index in [0.29, 0.717) is 6.04 Å². The Labute approximate surface area is 117 Å². The highest BCUT2D eigenvalue weighted by Crippen LogP contribution is 2.21. The van der Waals surface area contributed by atoms with Crippen LogP contribution in [0.1, 0.15) is 24.2 Å². The summed E-state index contributed by atoms with van der Waals surface area (Å²) in [5, 5.41) is 3.53. The van der Waals surface area contributed by atoms with E-state index in [-0.39, 0.29) is 0 Å². The van der Waals surface area contributed by atoms with Crippen LogP contribution in [0.3, 0.4) is 0 Å². The lowest BCUT2D eigenvalue weighted by Crippen LogP contribution is -2.16. The lowest BCUT2D eigenvalue weighted by atomic mass is 10.2. The zero-order chi connectivity index (χ0) is 13.4. The van der Waals surface area contributed by atoms with Gasteiger partial charge in [-0.2, -0.15) is 0 Å². The van der Waals surface area contributed by atoms with E-state index < -0.39 is 0 Å². The van der Waals surface area contributed by atoms with E-state index in [0.717, 1.165) is 29.9 Å². The predicted molar refractivity (Wildman–Crippen MR) is 77.4 cm³/mol. The van der Waals surface area contributed by atoms with Gasteiger partial charge in [-0.05, 0) is 31.0 Å². The molecule has 0 atom stereocenters. The highest BCUT2D eigenvalue weighted by atomic mass is 16.3. The molecule has 0 amide bonds. The van der Waals surface area contributed by atoms with E-state index in [1.54, 1.807) is 6.26 Å². The molecule has 20 heavy (non-hydrogen) atoms. The average Bonchev–Trinajstić information content (AvgIpc) is 3.07. The van der Waals surface area contributed by atoms with Crippen LogP contribution in [0, 0.1) is 0 Å². The highest BCUT2D eigenvalue weighted by molar-refractivity contribution is 5.75. The van der Waals surface area contributed by atoms with Gasteiger partial charge in [0, 0.05) is 18.2 Å². The fourth-order valence-corrected chi connectivity index (χ4v) is 2.50. The number of hydrogen-bond acceptors (Lipinski definition) is 3. The third kappa shape index (κ3) is 2.23. The zero-order valence-corrected chi connectivity index (χ0v) is 11.2. The minimum atomic E-state index is 0.715. The Bertz CT molecular complexity index is 724. The minimum Gasteiger partial charge on any atom is -0.467 e. The molecule has 1 aliphatic carbocycles. The van der Waals surface area contributed by atoms with Gasteiger partial charge in [0.05, 0.1) is 30.2 Å². The summed E-state index contributed by atoms with van der Waals surface area (Å²) in [6.07, 6.45) is 6.27. The van der Waals surface area contributed by atoms with Crippen LogP contribution in [-0.4, -0.2) is 15.6 Å². The standard InChI is InChI=1S/C16H17N3O/c1-2-4-15-14(3-1)18-11-19(15)10-16-12(7-8-20-16)9-17-13-5-6-13/h1-4,7-8,11,13,17H,5-6,9-10H2. The van der Waals surface area contributed by atoms with Crippen molar-refractivity contribution >= 4 is 11.0 Å². The molecule has 1 saturated carbocycles. The van der Waals surface area contributed by atoms with Crippen LogP contribution < -0.4 is 5.32 Å². The number of aromatic nitrogens is 2. The summed E-state index contributed by atoms with van der Waals surface area (Å²) in [6.45, 7) is 1.62. The van der Waals surface area contributed by atoms with Gasteiger partial charge >= 0.3 is 0 Å². The molecule has 0 saturated heterocycles. The maximum atomic E-state index is 5.65. The molecule has 1 aliphatic rings. The Morgan fingerprint density at radius 3 is 3.05 bits per heavy atom. The Balaban J connectivity index is 1.57. The van der Waals surface area contributed by atoms with Crippen molar-refractivity contribution in [2.24, 2.45) is 0 Å². The van der Waals surface area contributed by atoms with Gasteiger partial charge in [0.2, 0.25) is 0 Å². The smallest absolute Gasteiger partial charge is 0.127 e. The van der Waals surface area contributed by atoms with Gasteiger partial charge in [0.15, 0.2) is 0 Å². The van der Waals surface area contributed by atoms with Crippen molar-refractivity contribution in [3.8, 4) is 0 Å². The number of para-hydroxylation sites is 2. The van der Waals surface area contributed by atoms with E-state index in [1.807, 2.05) is 24.5 Å². The molecule has 0 aliphatic heterocycles. The summed E-state index contributed by atoms with van der Waals surface area (Å²) in [7, 11) is 0. The van der Waals surface area contributed by atoms with Crippen LogP contribution in [0.25, 0.3) is 11.0 Å². The number of benzene rings is 1. The molecule has 4 rings (SSSR count). The number of hydrogen-bond donors (Lipinski definition) is 1. The maximum absolute atomic E-state index is 5.65. The first-order valence-electron chi connectivity index (χ1n) is 7.08. The lowest BCUT2D eigenvalue weighted by Gasteiger charge is -2.06. The minimum absolute atomic E-state index is 0.715. The van der Waals surface area contributed by atoms with Gasteiger partial charge in [-0.25, -0.2) is 4.98 Å². The van der Waals surface area contributed by atoms with Crippen LogP contribution >= 0.6 is 0 Å². The highest BCUT2D eigenvalue weighted by Gasteiger charge is 2.21. The average molecular weight is 267 g/mol. The van der Waals surface area contributed by atoms with E-state index in [9.17, 15) is 0 Å². The molecule has 0 radical (unpaired) electrons. The summed E-state index contributed by atoms with van der Waals surface area (Å²) in [6, 6.07) is 10.9. The van der Waals surface area contributed by atoms with Crippen molar-refractivity contribution in [2.45, 2.75) is 32.0 Å². The molecule has 1 N–H and O–H groups in total. The summed E-state index contributed by atoms with van der Waals surface area (Å²) < 4.78 is 7.78. The molecule has 0 bridgehead atoms. The van der Waals surface area contributed by atoms with E-state index in [1.165, 1.54) is 18.4 Å². The summed E-state index contributed by atoms with van der Waals surface area (Å²) in [5.74, 6) is 1.02. The molecule has 1 fully saturated rings. The van der Waals surface area contributed by atoms with Gasteiger partial charge in [0.1, 0.15) is 5.76 Å². The summed E-state index contributed by atoms with van der Waals surface area (Å²) in [4.78, 5) is 4.42. The first-order valence-corrected chi connectivity index (χ1v) is 7.08. The number of furan rings is 1. The topological polar surface area (TPSA) is 43.0 Å². The largest absolute Gasteiger partial charge is 0.467 e. The van der Waals surface area contributed by atoms with Crippen molar-refractivity contribution in [1.82, 2.24) is 14.9 Å². The van der Waals surface area contributed by atoms with Crippen LogP contribution in [0.4, 0.5) is 0 Å². The van der Waals surface area contributed by atoms with Crippen LogP contribution in [-0.2, 0) is 13.1 Å². The van der Waals surface area contributed by atoms with Gasteiger partial charge in [-0.3, -0.25) is 0 Å². The SMILES string of the molecule is c1ccc2c(c1)ncn2Cc1occc1CNC1CC1. The lowest BCUT2D eigenvalue weighted by molar-refractivity contribution is 0.488. The Kier molecular flexibility index (Phi) is 2.81. The first kappa shape index (κ1) is 11.7. The van der Waals surface area contributed by atoms with Crippen molar-refractivity contribution in [1.29, 1.82) is 0 Å². The van der Waals surface area contributed by atoms with Crippen molar-refractivity contribution in [2.75, 3.05) is 0 Å². The Hall–Kier alpha value is -2.07. The Morgan fingerprint density at radius 1 is 1.25 bits per heavy atom. The third-order valence-corrected chi connectivity index (χ3v) is 3.84. The third-order valence-electron chi connectivity index (χ3n) is 3.84. The predicted octanol–water partition coefficient (Wildman–Crippen LogP) is 2.93. The van der Waals surface area contributed by atoms with E-state index >= 15 is 0 Å².